The lowest BCUT2D eigenvalue weighted by Gasteiger charge is -2.11. The molecule has 0 bridgehead atoms. The van der Waals surface area contributed by atoms with Crippen molar-refractivity contribution in [2.75, 3.05) is 11.9 Å². The summed E-state index contributed by atoms with van der Waals surface area (Å²) in [6.45, 7) is 5.92. The first-order valence-corrected chi connectivity index (χ1v) is 9.79. The Hall–Kier alpha value is -3.19. The predicted octanol–water partition coefficient (Wildman–Crippen LogP) is 4.40. The molecule has 0 radical (unpaired) electrons. The van der Waals surface area contributed by atoms with Gasteiger partial charge in [0, 0.05) is 10.9 Å². The summed E-state index contributed by atoms with van der Waals surface area (Å²) in [6.07, 6.45) is 0. The lowest BCUT2D eigenvalue weighted by atomic mass is 10.1. The highest BCUT2D eigenvalue weighted by Crippen LogP contribution is 2.26. The molecule has 0 saturated carbocycles. The minimum absolute atomic E-state index is 0.0951. The summed E-state index contributed by atoms with van der Waals surface area (Å²) in [5.41, 5.74) is 5.26. The Labute approximate surface area is 166 Å². The van der Waals surface area contributed by atoms with Crippen molar-refractivity contribution in [3.8, 4) is 17.0 Å². The molecule has 0 spiro atoms. The van der Waals surface area contributed by atoms with Crippen LogP contribution in [0, 0.1) is 20.8 Å². The molecule has 2 aromatic carbocycles. The first kappa shape index (κ1) is 18.2. The van der Waals surface area contributed by atoms with Crippen LogP contribution >= 0.6 is 11.3 Å². The molecule has 0 saturated heterocycles. The van der Waals surface area contributed by atoms with Crippen molar-refractivity contribution in [1.82, 2.24) is 14.6 Å². The van der Waals surface area contributed by atoms with Gasteiger partial charge in [0.25, 0.3) is 11.9 Å². The van der Waals surface area contributed by atoms with Crippen molar-refractivity contribution in [2.24, 2.45) is 0 Å². The molecule has 1 amide bonds. The molecule has 0 unspecified atom stereocenters. The highest BCUT2D eigenvalue weighted by molar-refractivity contribution is 7.15. The maximum absolute atomic E-state index is 12.3. The van der Waals surface area contributed by atoms with E-state index in [-0.39, 0.29) is 18.5 Å². The third kappa shape index (κ3) is 3.61. The largest absolute Gasteiger partial charge is 0.483 e. The lowest BCUT2D eigenvalue weighted by molar-refractivity contribution is -0.118. The van der Waals surface area contributed by atoms with Crippen LogP contribution in [0.3, 0.4) is 0 Å². The third-order valence-corrected chi connectivity index (χ3v) is 5.34. The maximum atomic E-state index is 12.3. The van der Waals surface area contributed by atoms with E-state index in [0.29, 0.717) is 0 Å². The van der Waals surface area contributed by atoms with E-state index in [9.17, 15) is 4.79 Å². The number of carbonyl (C=O) groups excluding carboxylic acids is 1. The summed E-state index contributed by atoms with van der Waals surface area (Å²) < 4.78 is 7.45. The molecule has 0 atom stereocenters. The number of thiazole rings is 1. The van der Waals surface area contributed by atoms with Gasteiger partial charge in [0.1, 0.15) is 5.75 Å². The van der Waals surface area contributed by atoms with Crippen molar-refractivity contribution < 1.29 is 9.53 Å². The Bertz CT molecular complexity index is 1150. The zero-order valence-corrected chi connectivity index (χ0v) is 16.7. The van der Waals surface area contributed by atoms with Crippen molar-refractivity contribution in [3.63, 3.8) is 0 Å². The average Bonchev–Trinajstić information content (AvgIpc) is 3.24. The SMILES string of the molecule is Cc1cc(C)c(C)c(OCC(=O)Nc2nc3scc(-c4ccccc4)n3n2)c1. The first-order chi connectivity index (χ1) is 13.5. The number of nitrogens with zero attached hydrogens (tertiary/aromatic N) is 3. The highest BCUT2D eigenvalue weighted by Gasteiger charge is 2.14. The molecular formula is C21H20N4O2S. The summed E-state index contributed by atoms with van der Waals surface area (Å²) in [5, 5.41) is 9.14. The fraction of sp³-hybridized carbons (Fsp3) is 0.190. The van der Waals surface area contributed by atoms with Crippen LogP contribution in [0.5, 0.6) is 5.75 Å². The highest BCUT2D eigenvalue weighted by atomic mass is 32.1. The zero-order chi connectivity index (χ0) is 19.7. The molecule has 4 aromatic rings. The van der Waals surface area contributed by atoms with E-state index < -0.39 is 0 Å². The number of nitrogens with one attached hydrogen (secondary N) is 1. The van der Waals surface area contributed by atoms with Gasteiger partial charge in [0.2, 0.25) is 4.96 Å². The van der Waals surface area contributed by atoms with Crippen LogP contribution in [0.15, 0.2) is 47.8 Å². The number of hydrogen-bond acceptors (Lipinski definition) is 5. The van der Waals surface area contributed by atoms with Crippen LogP contribution in [0.2, 0.25) is 0 Å². The maximum Gasteiger partial charge on any atom is 0.264 e. The molecule has 28 heavy (non-hydrogen) atoms. The van der Waals surface area contributed by atoms with Gasteiger partial charge in [0.05, 0.1) is 5.69 Å². The summed E-state index contributed by atoms with van der Waals surface area (Å²) in [5.74, 6) is 0.700. The number of carbonyl (C=O) groups is 1. The Morgan fingerprint density at radius 1 is 1.18 bits per heavy atom. The van der Waals surface area contributed by atoms with E-state index in [2.05, 4.69) is 21.5 Å². The van der Waals surface area contributed by atoms with Gasteiger partial charge >= 0.3 is 0 Å². The second kappa shape index (κ2) is 7.44. The molecule has 0 aliphatic carbocycles. The normalized spacial score (nSPS) is 11.0. The minimum Gasteiger partial charge on any atom is -0.483 e. The molecule has 2 aromatic heterocycles. The standard InChI is InChI=1S/C21H20N4O2S/c1-13-9-14(2)15(3)18(10-13)27-11-19(26)22-20-23-21-25(24-20)17(12-28-21)16-7-5-4-6-8-16/h4-10,12H,11H2,1-3H3,(H,22,24,26). The van der Waals surface area contributed by atoms with E-state index in [4.69, 9.17) is 4.74 Å². The van der Waals surface area contributed by atoms with E-state index in [0.717, 1.165) is 38.7 Å². The molecule has 2 heterocycles. The van der Waals surface area contributed by atoms with Gasteiger partial charge in [-0.2, -0.15) is 4.98 Å². The Morgan fingerprint density at radius 2 is 1.96 bits per heavy atom. The number of ether oxygens (including phenoxy) is 1. The third-order valence-electron chi connectivity index (χ3n) is 4.53. The van der Waals surface area contributed by atoms with Gasteiger partial charge in [-0.1, -0.05) is 36.4 Å². The minimum atomic E-state index is -0.293. The smallest absolute Gasteiger partial charge is 0.264 e. The Morgan fingerprint density at radius 3 is 2.75 bits per heavy atom. The number of aryl methyl sites for hydroxylation is 2. The summed E-state index contributed by atoms with van der Waals surface area (Å²) in [6, 6.07) is 14.0. The van der Waals surface area contributed by atoms with E-state index >= 15 is 0 Å². The number of benzene rings is 2. The van der Waals surface area contributed by atoms with Gasteiger partial charge in [-0.3, -0.25) is 10.1 Å². The van der Waals surface area contributed by atoms with Crippen molar-refractivity contribution >= 4 is 28.2 Å². The van der Waals surface area contributed by atoms with Gasteiger partial charge < -0.3 is 4.74 Å². The molecule has 0 fully saturated rings. The van der Waals surface area contributed by atoms with E-state index in [1.54, 1.807) is 4.52 Å². The second-order valence-corrected chi connectivity index (χ2v) is 7.50. The van der Waals surface area contributed by atoms with E-state index in [1.165, 1.54) is 11.3 Å². The number of aromatic nitrogens is 3. The van der Waals surface area contributed by atoms with Crippen molar-refractivity contribution in [2.45, 2.75) is 20.8 Å². The van der Waals surface area contributed by atoms with Crippen LogP contribution in [0.4, 0.5) is 5.95 Å². The second-order valence-electron chi connectivity index (χ2n) is 6.66. The number of amides is 1. The molecule has 4 rings (SSSR count). The fourth-order valence-electron chi connectivity index (χ4n) is 3.00. The predicted molar refractivity (Wildman–Crippen MR) is 111 cm³/mol. The van der Waals surface area contributed by atoms with Crippen LogP contribution in [-0.2, 0) is 4.79 Å². The number of fused-ring (bicyclic) bond motifs is 1. The number of hydrogen-bond donors (Lipinski definition) is 1. The van der Waals surface area contributed by atoms with Crippen molar-refractivity contribution in [1.29, 1.82) is 0 Å². The molecular weight excluding hydrogens is 372 g/mol. The van der Waals surface area contributed by atoms with Gasteiger partial charge in [-0.25, -0.2) is 4.52 Å². The number of anilines is 1. The summed E-state index contributed by atoms with van der Waals surface area (Å²) in [7, 11) is 0. The first-order valence-electron chi connectivity index (χ1n) is 8.91. The van der Waals surface area contributed by atoms with Crippen molar-refractivity contribution in [3.05, 3.63) is 64.5 Å². The molecule has 0 aliphatic heterocycles. The average molecular weight is 392 g/mol. The Balaban J connectivity index is 1.47. The molecule has 142 valence electrons. The monoisotopic (exact) mass is 392 g/mol. The quantitative estimate of drug-likeness (QED) is 0.547. The Kier molecular flexibility index (Phi) is 4.83. The van der Waals surface area contributed by atoms with Crippen LogP contribution < -0.4 is 10.1 Å². The zero-order valence-electron chi connectivity index (χ0n) is 15.9. The van der Waals surface area contributed by atoms with Gasteiger partial charge in [-0.15, -0.1) is 16.4 Å². The number of rotatable bonds is 5. The van der Waals surface area contributed by atoms with Crippen LogP contribution in [-0.4, -0.2) is 27.1 Å². The van der Waals surface area contributed by atoms with Crippen LogP contribution in [0.25, 0.3) is 16.2 Å². The fourth-order valence-corrected chi connectivity index (χ4v) is 3.83. The van der Waals surface area contributed by atoms with E-state index in [1.807, 2.05) is 62.5 Å². The molecule has 1 N–H and O–H groups in total. The molecule has 7 heteroatoms. The topological polar surface area (TPSA) is 68.5 Å². The van der Waals surface area contributed by atoms with Gasteiger partial charge in [-0.05, 0) is 43.5 Å². The summed E-state index contributed by atoms with van der Waals surface area (Å²) in [4.78, 5) is 17.4. The molecule has 6 nitrogen and oxygen atoms in total. The summed E-state index contributed by atoms with van der Waals surface area (Å²) >= 11 is 1.48. The lowest BCUT2D eigenvalue weighted by Crippen LogP contribution is -2.21. The van der Waals surface area contributed by atoms with Gasteiger partial charge in [0.15, 0.2) is 6.61 Å². The molecule has 0 aliphatic rings. The van der Waals surface area contributed by atoms with Crippen LogP contribution in [0.1, 0.15) is 16.7 Å².